The Balaban J connectivity index is 3.27. The standard InChI is InChI=1S/C18H28O9/c1-9(19)23-8-13(24-10(2)20)14-15(25-11(3)21)16(26-12(4)22)17(27-14)18(5,6)7/h13-17H,8H2,1-7H3/t13?,14-,15+,16-,17-/m1/s1. The van der Waals surface area contributed by atoms with Crippen LogP contribution in [0.4, 0.5) is 0 Å². The van der Waals surface area contributed by atoms with Gasteiger partial charge in [-0.2, -0.15) is 0 Å². The van der Waals surface area contributed by atoms with Crippen molar-refractivity contribution in [1.29, 1.82) is 0 Å². The first-order chi connectivity index (χ1) is 12.3. The van der Waals surface area contributed by atoms with Gasteiger partial charge < -0.3 is 23.7 Å². The molecule has 1 rings (SSSR count). The molecule has 0 saturated carbocycles. The lowest BCUT2D eigenvalue weighted by Crippen LogP contribution is -2.47. The average Bonchev–Trinajstić information content (AvgIpc) is 2.80. The van der Waals surface area contributed by atoms with Crippen molar-refractivity contribution in [3.05, 3.63) is 0 Å². The van der Waals surface area contributed by atoms with Crippen molar-refractivity contribution in [2.45, 2.75) is 79.0 Å². The van der Waals surface area contributed by atoms with Crippen LogP contribution in [0.3, 0.4) is 0 Å². The number of hydrogen-bond donors (Lipinski definition) is 0. The summed E-state index contributed by atoms with van der Waals surface area (Å²) >= 11 is 0. The number of esters is 4. The maximum Gasteiger partial charge on any atom is 0.303 e. The zero-order valence-corrected chi connectivity index (χ0v) is 16.8. The number of rotatable bonds is 6. The van der Waals surface area contributed by atoms with Crippen LogP contribution in [0, 0.1) is 5.41 Å². The molecule has 9 nitrogen and oxygen atoms in total. The third kappa shape index (κ3) is 6.82. The van der Waals surface area contributed by atoms with E-state index in [2.05, 4.69) is 0 Å². The van der Waals surface area contributed by atoms with Gasteiger partial charge in [-0.25, -0.2) is 0 Å². The summed E-state index contributed by atoms with van der Waals surface area (Å²) in [5.74, 6) is -2.38. The Morgan fingerprint density at radius 3 is 1.78 bits per heavy atom. The van der Waals surface area contributed by atoms with E-state index in [1.165, 1.54) is 27.7 Å². The highest BCUT2D eigenvalue weighted by molar-refractivity contribution is 5.68. The molecule has 1 fully saturated rings. The quantitative estimate of drug-likeness (QED) is 0.488. The number of carbonyl (C=O) groups is 4. The van der Waals surface area contributed by atoms with Crippen LogP contribution in [-0.4, -0.2) is 61.0 Å². The first-order valence-corrected chi connectivity index (χ1v) is 8.63. The second-order valence-electron chi connectivity index (χ2n) is 7.49. The largest absolute Gasteiger partial charge is 0.462 e. The van der Waals surface area contributed by atoms with Crippen LogP contribution < -0.4 is 0 Å². The normalized spacial score (nSPS) is 26.0. The van der Waals surface area contributed by atoms with Gasteiger partial charge in [-0.05, 0) is 5.41 Å². The van der Waals surface area contributed by atoms with Crippen LogP contribution >= 0.6 is 0 Å². The molecule has 154 valence electrons. The second-order valence-corrected chi connectivity index (χ2v) is 7.49. The van der Waals surface area contributed by atoms with E-state index in [1.54, 1.807) is 0 Å². The average molecular weight is 388 g/mol. The molecule has 27 heavy (non-hydrogen) atoms. The van der Waals surface area contributed by atoms with E-state index in [-0.39, 0.29) is 6.61 Å². The molecule has 0 aromatic carbocycles. The Hall–Kier alpha value is -2.16. The zero-order valence-electron chi connectivity index (χ0n) is 16.8. The van der Waals surface area contributed by atoms with E-state index in [0.29, 0.717) is 0 Å². The van der Waals surface area contributed by atoms with Crippen molar-refractivity contribution < 1.29 is 42.9 Å². The summed E-state index contributed by atoms with van der Waals surface area (Å²) in [6, 6.07) is 0. The molecule has 1 aliphatic rings. The van der Waals surface area contributed by atoms with Gasteiger partial charge in [0.25, 0.3) is 0 Å². The van der Waals surface area contributed by atoms with Crippen LogP contribution in [0.5, 0.6) is 0 Å². The molecule has 0 N–H and O–H groups in total. The van der Waals surface area contributed by atoms with Crippen LogP contribution in [0.2, 0.25) is 0 Å². The Kier molecular flexibility index (Phi) is 7.77. The van der Waals surface area contributed by atoms with E-state index < -0.39 is 59.8 Å². The molecule has 0 spiro atoms. The molecule has 1 saturated heterocycles. The first-order valence-electron chi connectivity index (χ1n) is 8.63. The van der Waals surface area contributed by atoms with E-state index in [9.17, 15) is 19.2 Å². The Bertz CT molecular complexity index is 578. The Morgan fingerprint density at radius 2 is 1.37 bits per heavy atom. The molecule has 0 aliphatic carbocycles. The fourth-order valence-corrected chi connectivity index (χ4v) is 2.93. The van der Waals surface area contributed by atoms with Crippen LogP contribution in [-0.2, 0) is 42.9 Å². The van der Waals surface area contributed by atoms with Gasteiger partial charge in [0, 0.05) is 27.7 Å². The molecule has 0 aromatic heterocycles. The minimum absolute atomic E-state index is 0.291. The van der Waals surface area contributed by atoms with Crippen molar-refractivity contribution in [3.8, 4) is 0 Å². The fourth-order valence-electron chi connectivity index (χ4n) is 2.93. The third-order valence-corrected chi connectivity index (χ3v) is 3.84. The number of ether oxygens (including phenoxy) is 5. The second kappa shape index (κ2) is 9.16. The number of hydrogen-bond acceptors (Lipinski definition) is 9. The SMILES string of the molecule is CC(=O)OCC(OC(C)=O)[C@H]1O[C@@H](C(C)(C)C)[C@H](OC(C)=O)[C@H]1OC(C)=O. The summed E-state index contributed by atoms with van der Waals surface area (Å²) in [7, 11) is 0. The Labute approximate surface area is 158 Å². The zero-order chi connectivity index (χ0) is 20.9. The molecule has 5 atom stereocenters. The molecule has 1 unspecified atom stereocenters. The molecule has 1 aliphatic heterocycles. The highest BCUT2D eigenvalue weighted by Gasteiger charge is 2.56. The topological polar surface area (TPSA) is 114 Å². The molecule has 0 radical (unpaired) electrons. The third-order valence-electron chi connectivity index (χ3n) is 3.84. The van der Waals surface area contributed by atoms with Gasteiger partial charge >= 0.3 is 23.9 Å². The summed E-state index contributed by atoms with van der Waals surface area (Å²) in [4.78, 5) is 45.9. The monoisotopic (exact) mass is 388 g/mol. The smallest absolute Gasteiger partial charge is 0.303 e. The lowest BCUT2D eigenvalue weighted by Gasteiger charge is -2.31. The van der Waals surface area contributed by atoms with Gasteiger partial charge in [0.1, 0.15) is 18.8 Å². The summed E-state index contributed by atoms with van der Waals surface area (Å²) in [5, 5.41) is 0. The predicted molar refractivity (Wildman–Crippen MR) is 91.4 cm³/mol. The van der Waals surface area contributed by atoms with Crippen LogP contribution in [0.15, 0.2) is 0 Å². The maximum atomic E-state index is 11.6. The minimum Gasteiger partial charge on any atom is -0.462 e. The Morgan fingerprint density at radius 1 is 0.852 bits per heavy atom. The van der Waals surface area contributed by atoms with E-state index in [0.717, 1.165) is 0 Å². The maximum absolute atomic E-state index is 11.6. The van der Waals surface area contributed by atoms with Gasteiger partial charge in [-0.15, -0.1) is 0 Å². The lowest BCUT2D eigenvalue weighted by atomic mass is 9.85. The van der Waals surface area contributed by atoms with Crippen LogP contribution in [0.25, 0.3) is 0 Å². The first kappa shape index (κ1) is 22.9. The minimum atomic E-state index is -1.04. The van der Waals surface area contributed by atoms with E-state index >= 15 is 0 Å². The van der Waals surface area contributed by atoms with Gasteiger partial charge in [0.15, 0.2) is 18.3 Å². The van der Waals surface area contributed by atoms with Crippen molar-refractivity contribution >= 4 is 23.9 Å². The molecular formula is C18H28O9. The highest BCUT2D eigenvalue weighted by Crippen LogP contribution is 2.39. The summed E-state index contributed by atoms with van der Waals surface area (Å²) < 4.78 is 27.0. The predicted octanol–water partition coefficient (Wildman–Crippen LogP) is 1.16. The summed E-state index contributed by atoms with van der Waals surface area (Å²) in [6.07, 6.45) is -4.61. The molecule has 0 amide bonds. The van der Waals surface area contributed by atoms with Crippen molar-refractivity contribution in [1.82, 2.24) is 0 Å². The molecule has 9 heteroatoms. The van der Waals surface area contributed by atoms with Gasteiger partial charge in [-0.1, -0.05) is 20.8 Å². The van der Waals surface area contributed by atoms with Crippen molar-refractivity contribution in [2.75, 3.05) is 6.61 Å². The van der Waals surface area contributed by atoms with Gasteiger partial charge in [0.2, 0.25) is 0 Å². The van der Waals surface area contributed by atoms with Crippen LogP contribution in [0.1, 0.15) is 48.5 Å². The summed E-state index contributed by atoms with van der Waals surface area (Å²) in [6.45, 7) is 10.2. The molecule has 0 bridgehead atoms. The highest BCUT2D eigenvalue weighted by atomic mass is 16.7. The van der Waals surface area contributed by atoms with E-state index in [1.807, 2.05) is 20.8 Å². The molecular weight excluding hydrogens is 360 g/mol. The molecule has 0 aromatic rings. The van der Waals surface area contributed by atoms with Crippen molar-refractivity contribution in [3.63, 3.8) is 0 Å². The molecule has 1 heterocycles. The van der Waals surface area contributed by atoms with E-state index in [4.69, 9.17) is 23.7 Å². The van der Waals surface area contributed by atoms with Crippen molar-refractivity contribution in [2.24, 2.45) is 5.41 Å². The fraction of sp³-hybridized carbons (Fsp3) is 0.778. The summed E-state index contributed by atoms with van der Waals surface area (Å²) in [5.41, 5.74) is -0.491. The van der Waals surface area contributed by atoms with Gasteiger partial charge in [-0.3, -0.25) is 19.2 Å². The van der Waals surface area contributed by atoms with Gasteiger partial charge in [0.05, 0.1) is 0 Å². The number of carbonyl (C=O) groups excluding carboxylic acids is 4. The lowest BCUT2D eigenvalue weighted by molar-refractivity contribution is -0.177.